The molecule has 0 saturated carbocycles. The molecular formula is C14H14FNO3. The van der Waals surface area contributed by atoms with E-state index in [0.29, 0.717) is 12.4 Å². The number of furan rings is 1. The van der Waals surface area contributed by atoms with E-state index in [1.165, 1.54) is 18.4 Å². The third-order valence-corrected chi connectivity index (χ3v) is 2.50. The SMILES string of the molecule is CCOc1ccc(C(=O)NCc2ccco2)cc1F. The summed E-state index contributed by atoms with van der Waals surface area (Å²) in [5.74, 6) is -0.129. The van der Waals surface area contributed by atoms with Gasteiger partial charge in [-0.05, 0) is 37.3 Å². The van der Waals surface area contributed by atoms with Crippen molar-refractivity contribution in [1.82, 2.24) is 5.32 Å². The smallest absolute Gasteiger partial charge is 0.251 e. The summed E-state index contributed by atoms with van der Waals surface area (Å²) in [5, 5.41) is 2.64. The van der Waals surface area contributed by atoms with E-state index >= 15 is 0 Å². The Bertz CT molecular complexity index is 552. The molecule has 1 N–H and O–H groups in total. The molecule has 1 aromatic carbocycles. The Labute approximate surface area is 110 Å². The fraction of sp³-hybridized carbons (Fsp3) is 0.214. The van der Waals surface area contributed by atoms with Gasteiger partial charge in [0.1, 0.15) is 5.76 Å². The highest BCUT2D eigenvalue weighted by Gasteiger charge is 2.10. The van der Waals surface area contributed by atoms with E-state index in [9.17, 15) is 9.18 Å². The molecule has 5 heteroatoms. The van der Waals surface area contributed by atoms with Crippen molar-refractivity contribution in [2.75, 3.05) is 6.61 Å². The Morgan fingerprint density at radius 3 is 2.89 bits per heavy atom. The van der Waals surface area contributed by atoms with E-state index in [1.807, 2.05) is 0 Å². The summed E-state index contributed by atoms with van der Waals surface area (Å²) in [6.07, 6.45) is 1.53. The second kappa shape index (κ2) is 6.04. The Balaban J connectivity index is 2.01. The van der Waals surface area contributed by atoms with Crippen molar-refractivity contribution in [3.05, 3.63) is 53.7 Å². The average Bonchev–Trinajstić information content (AvgIpc) is 2.91. The normalized spacial score (nSPS) is 10.2. The maximum absolute atomic E-state index is 13.6. The van der Waals surface area contributed by atoms with Gasteiger partial charge in [0.25, 0.3) is 5.91 Å². The van der Waals surface area contributed by atoms with Gasteiger partial charge in [-0.25, -0.2) is 4.39 Å². The van der Waals surface area contributed by atoms with Crippen molar-refractivity contribution >= 4 is 5.91 Å². The van der Waals surface area contributed by atoms with Crippen LogP contribution in [-0.2, 0) is 6.54 Å². The largest absolute Gasteiger partial charge is 0.491 e. The van der Waals surface area contributed by atoms with Gasteiger partial charge in [0.2, 0.25) is 0 Å². The zero-order valence-corrected chi connectivity index (χ0v) is 10.5. The highest BCUT2D eigenvalue weighted by atomic mass is 19.1. The Kier molecular flexibility index (Phi) is 4.18. The lowest BCUT2D eigenvalue weighted by atomic mass is 10.2. The standard InChI is InChI=1S/C14H14FNO3/c1-2-18-13-6-5-10(8-12(13)15)14(17)16-9-11-4-3-7-19-11/h3-8H,2,9H2,1H3,(H,16,17). The van der Waals surface area contributed by atoms with E-state index < -0.39 is 5.82 Å². The zero-order chi connectivity index (χ0) is 13.7. The number of nitrogens with one attached hydrogen (secondary N) is 1. The molecule has 0 fully saturated rings. The van der Waals surface area contributed by atoms with Gasteiger partial charge in [0, 0.05) is 5.56 Å². The van der Waals surface area contributed by atoms with Gasteiger partial charge in [-0.3, -0.25) is 4.79 Å². The molecule has 1 heterocycles. The lowest BCUT2D eigenvalue weighted by Crippen LogP contribution is -2.22. The van der Waals surface area contributed by atoms with E-state index in [1.54, 1.807) is 19.1 Å². The lowest BCUT2D eigenvalue weighted by molar-refractivity contribution is 0.0947. The molecule has 19 heavy (non-hydrogen) atoms. The van der Waals surface area contributed by atoms with Crippen LogP contribution < -0.4 is 10.1 Å². The number of ether oxygens (including phenoxy) is 1. The van der Waals surface area contributed by atoms with Crippen LogP contribution >= 0.6 is 0 Å². The summed E-state index contributed by atoms with van der Waals surface area (Å²) >= 11 is 0. The molecule has 0 aliphatic heterocycles. The van der Waals surface area contributed by atoms with Crippen LogP contribution in [0.1, 0.15) is 23.0 Å². The van der Waals surface area contributed by atoms with Crippen LogP contribution in [0.2, 0.25) is 0 Å². The van der Waals surface area contributed by atoms with Crippen molar-refractivity contribution in [3.63, 3.8) is 0 Å². The fourth-order valence-corrected chi connectivity index (χ4v) is 1.60. The van der Waals surface area contributed by atoms with E-state index in [4.69, 9.17) is 9.15 Å². The number of amides is 1. The number of benzene rings is 1. The van der Waals surface area contributed by atoms with Crippen molar-refractivity contribution < 1.29 is 18.3 Å². The van der Waals surface area contributed by atoms with Gasteiger partial charge in [-0.15, -0.1) is 0 Å². The summed E-state index contributed by atoms with van der Waals surface area (Å²) in [5.41, 5.74) is 0.243. The van der Waals surface area contributed by atoms with Crippen LogP contribution in [0.25, 0.3) is 0 Å². The molecular weight excluding hydrogens is 249 g/mol. The number of rotatable bonds is 5. The van der Waals surface area contributed by atoms with Crippen molar-refractivity contribution in [2.24, 2.45) is 0 Å². The minimum atomic E-state index is -0.549. The molecule has 100 valence electrons. The van der Waals surface area contributed by atoms with E-state index in [-0.39, 0.29) is 23.8 Å². The van der Waals surface area contributed by atoms with Gasteiger partial charge in [-0.1, -0.05) is 0 Å². The van der Waals surface area contributed by atoms with Crippen molar-refractivity contribution in [1.29, 1.82) is 0 Å². The Hall–Kier alpha value is -2.30. The molecule has 0 saturated heterocycles. The molecule has 1 amide bonds. The van der Waals surface area contributed by atoms with Crippen LogP contribution in [-0.4, -0.2) is 12.5 Å². The molecule has 4 nitrogen and oxygen atoms in total. The quantitative estimate of drug-likeness (QED) is 0.902. The summed E-state index contributed by atoms with van der Waals surface area (Å²) in [7, 11) is 0. The number of carbonyl (C=O) groups excluding carboxylic acids is 1. The topological polar surface area (TPSA) is 51.5 Å². The highest BCUT2D eigenvalue weighted by Crippen LogP contribution is 2.18. The molecule has 0 spiro atoms. The predicted molar refractivity (Wildman–Crippen MR) is 67.4 cm³/mol. The minimum absolute atomic E-state index is 0.144. The number of hydrogen-bond donors (Lipinski definition) is 1. The first kappa shape index (κ1) is 13.1. The molecule has 0 radical (unpaired) electrons. The molecule has 0 aliphatic rings. The fourth-order valence-electron chi connectivity index (χ4n) is 1.60. The van der Waals surface area contributed by atoms with Crippen LogP contribution in [0.4, 0.5) is 4.39 Å². The monoisotopic (exact) mass is 263 g/mol. The second-order valence-corrected chi connectivity index (χ2v) is 3.84. The third-order valence-electron chi connectivity index (χ3n) is 2.50. The first-order valence-electron chi connectivity index (χ1n) is 5.93. The van der Waals surface area contributed by atoms with Gasteiger partial charge < -0.3 is 14.5 Å². The Morgan fingerprint density at radius 1 is 1.42 bits per heavy atom. The minimum Gasteiger partial charge on any atom is -0.491 e. The summed E-state index contributed by atoms with van der Waals surface area (Å²) in [6, 6.07) is 7.60. The van der Waals surface area contributed by atoms with Crippen molar-refractivity contribution in [2.45, 2.75) is 13.5 Å². The van der Waals surface area contributed by atoms with Crippen LogP contribution in [0, 0.1) is 5.82 Å². The summed E-state index contributed by atoms with van der Waals surface area (Å²) < 4.78 is 23.7. The molecule has 2 aromatic rings. The van der Waals surface area contributed by atoms with E-state index in [0.717, 1.165) is 6.07 Å². The second-order valence-electron chi connectivity index (χ2n) is 3.84. The predicted octanol–water partition coefficient (Wildman–Crippen LogP) is 2.75. The lowest BCUT2D eigenvalue weighted by Gasteiger charge is -2.07. The number of halogens is 1. The van der Waals surface area contributed by atoms with Crippen LogP contribution in [0.15, 0.2) is 41.0 Å². The van der Waals surface area contributed by atoms with Gasteiger partial charge in [0.15, 0.2) is 11.6 Å². The molecule has 0 unspecified atom stereocenters. The van der Waals surface area contributed by atoms with Crippen LogP contribution in [0.3, 0.4) is 0 Å². The first-order valence-corrected chi connectivity index (χ1v) is 5.93. The number of carbonyl (C=O) groups is 1. The average molecular weight is 263 g/mol. The Morgan fingerprint density at radius 2 is 2.26 bits per heavy atom. The first-order chi connectivity index (χ1) is 9.20. The summed E-state index contributed by atoms with van der Waals surface area (Å²) in [4.78, 5) is 11.8. The maximum atomic E-state index is 13.6. The molecule has 0 atom stereocenters. The molecule has 0 bridgehead atoms. The van der Waals surface area contributed by atoms with Crippen molar-refractivity contribution in [3.8, 4) is 5.75 Å². The maximum Gasteiger partial charge on any atom is 0.251 e. The summed E-state index contributed by atoms with van der Waals surface area (Å²) in [6.45, 7) is 2.41. The highest BCUT2D eigenvalue weighted by molar-refractivity contribution is 5.94. The molecule has 2 rings (SSSR count). The van der Waals surface area contributed by atoms with Gasteiger partial charge in [-0.2, -0.15) is 0 Å². The van der Waals surface area contributed by atoms with Gasteiger partial charge >= 0.3 is 0 Å². The molecule has 0 aliphatic carbocycles. The van der Waals surface area contributed by atoms with Crippen LogP contribution in [0.5, 0.6) is 5.75 Å². The third kappa shape index (κ3) is 3.34. The van der Waals surface area contributed by atoms with E-state index in [2.05, 4.69) is 5.32 Å². The molecule has 1 aromatic heterocycles. The number of hydrogen-bond acceptors (Lipinski definition) is 3. The van der Waals surface area contributed by atoms with Gasteiger partial charge in [0.05, 0.1) is 19.4 Å². The zero-order valence-electron chi connectivity index (χ0n) is 10.5.